The Hall–Kier alpha value is -0.980. The molecule has 1 heterocycles. The molecule has 0 atom stereocenters. The van der Waals surface area contributed by atoms with Gasteiger partial charge in [0.05, 0.1) is 0 Å². The van der Waals surface area contributed by atoms with Crippen molar-refractivity contribution >= 4 is 28.9 Å². The van der Waals surface area contributed by atoms with Crippen LogP contribution in [0.3, 0.4) is 0 Å². The second kappa shape index (κ2) is 4.90. The number of carboxylic acid groups (broad SMARTS) is 1. The maximum absolute atomic E-state index is 10.5. The van der Waals surface area contributed by atoms with Gasteiger partial charge in [-0.25, -0.2) is 4.79 Å². The maximum Gasteiger partial charge on any atom is 0.345 e. The average Bonchev–Trinajstić information content (AvgIpc) is 2.53. The van der Waals surface area contributed by atoms with Crippen molar-refractivity contribution in [2.45, 2.75) is 6.42 Å². The fraction of sp³-hybridized carbons (Fsp3) is 0.222. The molecule has 1 aromatic heterocycles. The van der Waals surface area contributed by atoms with E-state index in [1.165, 1.54) is 11.3 Å². The number of halogens is 1. The standard InChI is InChI=1S/C9H7ClO2S/c10-4-2-1-3-7-5-8(9(11)12)13-6-7/h5-6H,2,4H2,(H,11,12). The van der Waals surface area contributed by atoms with Crippen molar-refractivity contribution in [1.82, 2.24) is 0 Å². The van der Waals surface area contributed by atoms with Gasteiger partial charge in [0, 0.05) is 23.2 Å². The minimum atomic E-state index is -0.907. The van der Waals surface area contributed by atoms with Crippen molar-refractivity contribution in [3.63, 3.8) is 0 Å². The third kappa shape index (κ3) is 3.10. The zero-order valence-corrected chi connectivity index (χ0v) is 8.28. The topological polar surface area (TPSA) is 37.3 Å². The smallest absolute Gasteiger partial charge is 0.345 e. The molecule has 0 aliphatic carbocycles. The molecular weight excluding hydrogens is 208 g/mol. The van der Waals surface area contributed by atoms with E-state index in [0.29, 0.717) is 17.2 Å². The van der Waals surface area contributed by atoms with E-state index in [4.69, 9.17) is 16.7 Å². The van der Waals surface area contributed by atoms with E-state index < -0.39 is 5.97 Å². The monoisotopic (exact) mass is 214 g/mol. The van der Waals surface area contributed by atoms with E-state index in [-0.39, 0.29) is 0 Å². The highest BCUT2D eigenvalue weighted by molar-refractivity contribution is 7.12. The molecule has 68 valence electrons. The lowest BCUT2D eigenvalue weighted by atomic mass is 10.3. The second-order valence-electron chi connectivity index (χ2n) is 2.25. The minimum Gasteiger partial charge on any atom is -0.477 e. The Kier molecular flexibility index (Phi) is 3.81. The molecule has 0 spiro atoms. The van der Waals surface area contributed by atoms with Crippen molar-refractivity contribution in [3.05, 3.63) is 21.9 Å². The van der Waals surface area contributed by atoms with Gasteiger partial charge in [-0.05, 0) is 6.07 Å². The Morgan fingerprint density at radius 2 is 2.46 bits per heavy atom. The number of hydrogen-bond acceptors (Lipinski definition) is 2. The summed E-state index contributed by atoms with van der Waals surface area (Å²) in [6, 6.07) is 1.56. The third-order valence-corrected chi connectivity index (χ3v) is 2.37. The van der Waals surface area contributed by atoms with Crippen LogP contribution in [-0.2, 0) is 0 Å². The zero-order valence-electron chi connectivity index (χ0n) is 6.71. The number of rotatable bonds is 2. The molecule has 0 unspecified atom stereocenters. The van der Waals surface area contributed by atoms with Crippen LogP contribution in [0.2, 0.25) is 0 Å². The Morgan fingerprint density at radius 3 is 3.00 bits per heavy atom. The van der Waals surface area contributed by atoms with Crippen LogP contribution in [0.25, 0.3) is 0 Å². The predicted octanol–water partition coefficient (Wildman–Crippen LogP) is 2.43. The fourth-order valence-corrected chi connectivity index (χ4v) is 1.50. The molecule has 0 aromatic carbocycles. The summed E-state index contributed by atoms with van der Waals surface area (Å²) in [5, 5.41) is 10.3. The molecular formula is C9H7ClO2S. The van der Waals surface area contributed by atoms with Crippen LogP contribution in [0.4, 0.5) is 0 Å². The molecule has 2 nitrogen and oxygen atoms in total. The number of aromatic carboxylic acids is 1. The number of carbonyl (C=O) groups is 1. The molecule has 0 radical (unpaired) electrons. The van der Waals surface area contributed by atoms with Gasteiger partial charge in [-0.2, -0.15) is 0 Å². The average molecular weight is 215 g/mol. The molecule has 1 aromatic rings. The van der Waals surface area contributed by atoms with Crippen molar-refractivity contribution in [2.24, 2.45) is 0 Å². The molecule has 13 heavy (non-hydrogen) atoms. The summed E-state index contributed by atoms with van der Waals surface area (Å²) in [4.78, 5) is 10.8. The van der Waals surface area contributed by atoms with Gasteiger partial charge in [0.1, 0.15) is 4.88 Å². The van der Waals surface area contributed by atoms with Gasteiger partial charge < -0.3 is 5.11 Å². The summed E-state index contributed by atoms with van der Waals surface area (Å²) >= 11 is 6.61. The largest absolute Gasteiger partial charge is 0.477 e. The van der Waals surface area contributed by atoms with E-state index in [1.54, 1.807) is 11.4 Å². The van der Waals surface area contributed by atoms with E-state index in [0.717, 1.165) is 5.56 Å². The first-order valence-electron chi connectivity index (χ1n) is 3.60. The minimum absolute atomic E-state index is 0.315. The van der Waals surface area contributed by atoms with Crippen LogP contribution >= 0.6 is 22.9 Å². The summed E-state index contributed by atoms with van der Waals surface area (Å²) in [7, 11) is 0. The Bertz CT molecular complexity index is 359. The zero-order chi connectivity index (χ0) is 9.68. The van der Waals surface area contributed by atoms with Crippen molar-refractivity contribution in [3.8, 4) is 11.8 Å². The highest BCUT2D eigenvalue weighted by atomic mass is 35.5. The van der Waals surface area contributed by atoms with Gasteiger partial charge in [0.2, 0.25) is 0 Å². The van der Waals surface area contributed by atoms with Crippen molar-refractivity contribution in [1.29, 1.82) is 0 Å². The summed E-state index contributed by atoms with van der Waals surface area (Å²) in [6.45, 7) is 0. The van der Waals surface area contributed by atoms with Crippen molar-refractivity contribution in [2.75, 3.05) is 5.88 Å². The summed E-state index contributed by atoms with van der Waals surface area (Å²) in [6.07, 6.45) is 0.625. The van der Waals surface area contributed by atoms with Gasteiger partial charge >= 0.3 is 5.97 Å². The lowest BCUT2D eigenvalue weighted by Crippen LogP contribution is -1.89. The molecule has 0 saturated heterocycles. The highest BCUT2D eigenvalue weighted by Crippen LogP contribution is 2.13. The number of thiophene rings is 1. The highest BCUT2D eigenvalue weighted by Gasteiger charge is 2.04. The van der Waals surface area contributed by atoms with Gasteiger partial charge in [-0.3, -0.25) is 0 Å². The molecule has 0 fully saturated rings. The number of hydrogen-bond donors (Lipinski definition) is 1. The van der Waals surface area contributed by atoms with Gasteiger partial charge in [-0.15, -0.1) is 22.9 Å². The summed E-state index contributed by atoms with van der Waals surface area (Å²) < 4.78 is 0. The second-order valence-corrected chi connectivity index (χ2v) is 3.53. The summed E-state index contributed by atoms with van der Waals surface area (Å²) in [5.41, 5.74) is 0.743. The van der Waals surface area contributed by atoms with Crippen LogP contribution in [0, 0.1) is 11.8 Å². The van der Waals surface area contributed by atoms with Crippen LogP contribution < -0.4 is 0 Å². The third-order valence-electron chi connectivity index (χ3n) is 1.26. The van der Waals surface area contributed by atoms with E-state index in [1.807, 2.05) is 0 Å². The van der Waals surface area contributed by atoms with E-state index in [9.17, 15) is 4.79 Å². The molecule has 0 aliphatic heterocycles. The van der Waals surface area contributed by atoms with Gasteiger partial charge in [0.25, 0.3) is 0 Å². The molecule has 4 heteroatoms. The SMILES string of the molecule is O=C(O)c1cc(C#CCCCl)cs1. The lowest BCUT2D eigenvalue weighted by Gasteiger charge is -1.80. The van der Waals surface area contributed by atoms with E-state index >= 15 is 0 Å². The molecule has 0 bridgehead atoms. The number of carboxylic acids is 1. The van der Waals surface area contributed by atoms with Gasteiger partial charge in [-0.1, -0.05) is 11.8 Å². The fourth-order valence-electron chi connectivity index (χ4n) is 0.726. The van der Waals surface area contributed by atoms with Gasteiger partial charge in [0.15, 0.2) is 0 Å². The first-order chi connectivity index (χ1) is 6.24. The first-order valence-corrected chi connectivity index (χ1v) is 5.02. The normalized spacial score (nSPS) is 9.00. The predicted molar refractivity (Wildman–Crippen MR) is 53.5 cm³/mol. The van der Waals surface area contributed by atoms with E-state index in [2.05, 4.69) is 11.8 Å². The molecule has 1 rings (SSSR count). The van der Waals surface area contributed by atoms with Crippen LogP contribution in [0.5, 0.6) is 0 Å². The molecule has 0 amide bonds. The quantitative estimate of drug-likeness (QED) is 0.607. The molecule has 1 N–H and O–H groups in total. The Morgan fingerprint density at radius 1 is 1.69 bits per heavy atom. The Labute approximate surface area is 85.2 Å². The van der Waals surface area contributed by atoms with Crippen LogP contribution in [0.15, 0.2) is 11.4 Å². The molecule has 0 saturated carbocycles. The maximum atomic E-state index is 10.5. The van der Waals surface area contributed by atoms with Crippen LogP contribution in [-0.4, -0.2) is 17.0 Å². The summed E-state index contributed by atoms with van der Waals surface area (Å²) in [5.74, 6) is 5.26. The number of alkyl halides is 1. The molecule has 0 aliphatic rings. The van der Waals surface area contributed by atoms with Crippen molar-refractivity contribution < 1.29 is 9.90 Å². The van der Waals surface area contributed by atoms with Crippen LogP contribution in [0.1, 0.15) is 21.7 Å². The Balaban J connectivity index is 2.71. The first kappa shape index (κ1) is 10.1. The lowest BCUT2D eigenvalue weighted by molar-refractivity contribution is 0.0702.